The highest BCUT2D eigenvalue weighted by Gasteiger charge is 2.21. The van der Waals surface area contributed by atoms with Crippen LogP contribution in [0.1, 0.15) is 0 Å². The smallest absolute Gasteiger partial charge is 0.164 e. The van der Waals surface area contributed by atoms with Gasteiger partial charge in [0, 0.05) is 33.0 Å². The molecule has 4 nitrogen and oxygen atoms in total. The number of hydrogen-bond acceptors (Lipinski definition) is 4. The van der Waals surface area contributed by atoms with Crippen LogP contribution in [0.3, 0.4) is 0 Å². The van der Waals surface area contributed by atoms with Gasteiger partial charge in [0.25, 0.3) is 0 Å². The number of aromatic nitrogens is 3. The molecular weight excluding hydrogens is 574 g/mol. The molecule has 0 radical (unpaired) electrons. The first-order valence-corrected chi connectivity index (χ1v) is 15.8. The average Bonchev–Trinajstić information content (AvgIpc) is 3.55. The minimum absolute atomic E-state index is 0.626. The third kappa shape index (κ3) is 4.05. The van der Waals surface area contributed by atoms with Crippen molar-refractivity contribution in [1.29, 1.82) is 0 Å². The minimum Gasteiger partial charge on any atom is -0.455 e. The monoisotopic (exact) mass is 599 g/mol. The highest BCUT2D eigenvalue weighted by Crippen LogP contribution is 2.46. The fourth-order valence-corrected chi connectivity index (χ4v) is 7.05. The summed E-state index contributed by atoms with van der Waals surface area (Å²) in [6.07, 6.45) is 0. The molecule has 4 heteroatoms. The topological polar surface area (TPSA) is 51.8 Å². The molecule has 0 aliphatic heterocycles. The zero-order valence-corrected chi connectivity index (χ0v) is 25.2. The Morgan fingerprint density at radius 1 is 0.362 bits per heavy atom. The number of hydrogen-bond donors (Lipinski definition) is 0. The van der Waals surface area contributed by atoms with Crippen LogP contribution in [0, 0.1) is 0 Å². The largest absolute Gasteiger partial charge is 0.455 e. The van der Waals surface area contributed by atoms with Crippen molar-refractivity contribution in [2.75, 3.05) is 0 Å². The Morgan fingerprint density at radius 3 is 1.55 bits per heavy atom. The summed E-state index contributed by atoms with van der Waals surface area (Å²) in [4.78, 5) is 14.8. The summed E-state index contributed by atoms with van der Waals surface area (Å²) in [5.41, 5.74) is 6.69. The van der Waals surface area contributed by atoms with Crippen LogP contribution in [0.2, 0.25) is 0 Å². The third-order valence-electron chi connectivity index (χ3n) is 9.24. The molecule has 0 amide bonds. The molecule has 0 fully saturated rings. The first-order valence-electron chi connectivity index (χ1n) is 15.8. The molecule has 0 bridgehead atoms. The average molecular weight is 600 g/mol. The first kappa shape index (κ1) is 25.9. The molecule has 10 aromatic rings. The zero-order valence-electron chi connectivity index (χ0n) is 25.2. The Kier molecular flexibility index (Phi) is 5.54. The van der Waals surface area contributed by atoms with E-state index >= 15 is 0 Å². The van der Waals surface area contributed by atoms with Crippen molar-refractivity contribution in [1.82, 2.24) is 15.0 Å². The molecule has 10 rings (SSSR count). The van der Waals surface area contributed by atoms with Gasteiger partial charge >= 0.3 is 0 Å². The van der Waals surface area contributed by atoms with Gasteiger partial charge in [-0.15, -0.1) is 0 Å². The lowest BCUT2D eigenvalue weighted by molar-refractivity contribution is 0.670. The van der Waals surface area contributed by atoms with Crippen LogP contribution in [0.15, 0.2) is 156 Å². The maximum absolute atomic E-state index is 6.73. The second kappa shape index (κ2) is 10.1. The van der Waals surface area contributed by atoms with Crippen LogP contribution in [0.25, 0.3) is 99.5 Å². The number of furan rings is 1. The summed E-state index contributed by atoms with van der Waals surface area (Å²) in [5, 5.41) is 9.72. The molecule has 0 spiro atoms. The van der Waals surface area contributed by atoms with Crippen LogP contribution in [0.5, 0.6) is 0 Å². The lowest BCUT2D eigenvalue weighted by Gasteiger charge is -2.12. The van der Waals surface area contributed by atoms with Crippen molar-refractivity contribution in [3.63, 3.8) is 0 Å². The molecule has 8 aromatic carbocycles. The molecule has 2 aromatic heterocycles. The van der Waals surface area contributed by atoms with Crippen LogP contribution in [0.4, 0.5) is 0 Å². The van der Waals surface area contributed by atoms with E-state index in [0.29, 0.717) is 17.5 Å². The van der Waals surface area contributed by atoms with E-state index in [1.807, 2.05) is 60.7 Å². The predicted octanol–water partition coefficient (Wildman–Crippen LogP) is 11.3. The predicted molar refractivity (Wildman–Crippen MR) is 193 cm³/mol. The van der Waals surface area contributed by atoms with E-state index in [1.165, 1.54) is 43.1 Å². The van der Waals surface area contributed by atoms with E-state index in [2.05, 4.69) is 91.0 Å². The first-order chi connectivity index (χ1) is 23.3. The fourth-order valence-electron chi connectivity index (χ4n) is 7.05. The van der Waals surface area contributed by atoms with Crippen molar-refractivity contribution < 1.29 is 4.42 Å². The van der Waals surface area contributed by atoms with Gasteiger partial charge in [-0.05, 0) is 68.2 Å². The molecule has 218 valence electrons. The Bertz CT molecular complexity index is 2730. The van der Waals surface area contributed by atoms with Crippen LogP contribution in [-0.2, 0) is 0 Å². The van der Waals surface area contributed by atoms with Gasteiger partial charge in [-0.2, -0.15) is 0 Å². The van der Waals surface area contributed by atoms with Crippen molar-refractivity contribution in [2.45, 2.75) is 0 Å². The summed E-state index contributed by atoms with van der Waals surface area (Å²) in [5.74, 6) is 1.91. The van der Waals surface area contributed by atoms with Gasteiger partial charge in [-0.3, -0.25) is 0 Å². The Labute approximate surface area is 270 Å². The molecule has 0 unspecified atom stereocenters. The van der Waals surface area contributed by atoms with Gasteiger partial charge in [-0.25, -0.2) is 15.0 Å². The summed E-state index contributed by atoms with van der Waals surface area (Å²) in [7, 11) is 0. The number of nitrogens with zero attached hydrogens (tertiary/aromatic N) is 3. The summed E-state index contributed by atoms with van der Waals surface area (Å²) in [6, 6.07) is 52.6. The highest BCUT2D eigenvalue weighted by atomic mass is 16.3. The quantitative estimate of drug-likeness (QED) is 0.149. The zero-order chi connectivity index (χ0) is 30.9. The fraction of sp³-hybridized carbons (Fsp3) is 0. The lowest BCUT2D eigenvalue weighted by atomic mass is 9.90. The second-order valence-corrected chi connectivity index (χ2v) is 12.0. The summed E-state index contributed by atoms with van der Waals surface area (Å²) < 4.78 is 6.73. The van der Waals surface area contributed by atoms with Gasteiger partial charge in [0.05, 0.1) is 0 Å². The van der Waals surface area contributed by atoms with Gasteiger partial charge in [0.15, 0.2) is 17.5 Å². The van der Waals surface area contributed by atoms with E-state index in [1.54, 1.807) is 0 Å². The lowest BCUT2D eigenvalue weighted by Crippen LogP contribution is -2.00. The number of rotatable bonds is 4. The van der Waals surface area contributed by atoms with Gasteiger partial charge < -0.3 is 4.42 Å². The summed E-state index contributed by atoms with van der Waals surface area (Å²) in [6.45, 7) is 0. The number of benzene rings is 8. The van der Waals surface area contributed by atoms with Crippen LogP contribution >= 0.6 is 0 Å². The third-order valence-corrected chi connectivity index (χ3v) is 9.24. The molecule has 0 N–H and O–H groups in total. The normalized spacial score (nSPS) is 11.8. The van der Waals surface area contributed by atoms with Gasteiger partial charge in [0.1, 0.15) is 11.2 Å². The van der Waals surface area contributed by atoms with E-state index in [0.717, 1.165) is 39.0 Å². The van der Waals surface area contributed by atoms with Crippen molar-refractivity contribution in [3.05, 3.63) is 152 Å². The molecule has 0 atom stereocenters. The Morgan fingerprint density at radius 2 is 0.894 bits per heavy atom. The Hall–Kier alpha value is -6.39. The second-order valence-electron chi connectivity index (χ2n) is 12.0. The SMILES string of the molecule is c1ccc(-c2nc(-c3ccccc3)nc(-c3cccc(-c4ccc5c6cc7ccccc7cc6c6cccc7oc4c5c76)c3)n2)cc1. The molecule has 0 aliphatic carbocycles. The highest BCUT2D eigenvalue weighted by molar-refractivity contribution is 6.35. The minimum atomic E-state index is 0.626. The molecular formula is C43H25N3O. The standard InChI is InChI=1S/C43H25N3O/c1-3-11-26(12-4-1)41-44-42(27-13-5-2-6-14-27)46-43(45-41)31-18-9-17-30(23-31)32-21-22-34-36-25-29-16-8-7-15-28(29)24-35(36)33-19-10-20-37-38(33)39(34)40(32)47-37/h1-25H. The van der Waals surface area contributed by atoms with Crippen LogP contribution < -0.4 is 0 Å². The van der Waals surface area contributed by atoms with Gasteiger partial charge in [-0.1, -0.05) is 121 Å². The molecule has 0 saturated heterocycles. The summed E-state index contributed by atoms with van der Waals surface area (Å²) >= 11 is 0. The molecule has 47 heavy (non-hydrogen) atoms. The molecule has 2 heterocycles. The number of fused-ring (bicyclic) bond motifs is 4. The van der Waals surface area contributed by atoms with E-state index in [9.17, 15) is 0 Å². The molecule has 0 aliphatic rings. The van der Waals surface area contributed by atoms with E-state index < -0.39 is 0 Å². The molecule has 0 saturated carbocycles. The van der Waals surface area contributed by atoms with E-state index in [-0.39, 0.29) is 0 Å². The van der Waals surface area contributed by atoms with Crippen LogP contribution in [-0.4, -0.2) is 15.0 Å². The maximum atomic E-state index is 6.73. The maximum Gasteiger partial charge on any atom is 0.164 e. The van der Waals surface area contributed by atoms with E-state index in [4.69, 9.17) is 19.4 Å². The van der Waals surface area contributed by atoms with Crippen molar-refractivity contribution in [3.8, 4) is 45.3 Å². The Balaban J connectivity index is 1.19. The van der Waals surface area contributed by atoms with Crippen molar-refractivity contribution >= 4 is 54.3 Å². The van der Waals surface area contributed by atoms with Gasteiger partial charge in [0.2, 0.25) is 0 Å². The van der Waals surface area contributed by atoms with Crippen molar-refractivity contribution in [2.24, 2.45) is 0 Å².